The highest BCUT2D eigenvalue weighted by Gasteiger charge is 2.28. The molecule has 55 heavy (non-hydrogen) atoms. The number of carbonyl (C=O) groups is 2. The SMILES string of the molecule is CC(C)(C)c1cc(CCC(=O)Nc2ccc(O)c(Cc3cc(NC(=O)CCc4cc(C(C)(C)C)c(O)c(C(C)(C)C)c4)ccc3O)c2)cc(C(C)(C)C)c1O. The molecule has 0 aromatic heterocycles. The van der Waals surface area contributed by atoms with Crippen LogP contribution in [0.25, 0.3) is 0 Å². The van der Waals surface area contributed by atoms with Crippen molar-refractivity contribution in [3.05, 3.63) is 105 Å². The van der Waals surface area contributed by atoms with Crippen molar-refractivity contribution in [1.29, 1.82) is 0 Å². The molecule has 0 bridgehead atoms. The van der Waals surface area contributed by atoms with Crippen LogP contribution < -0.4 is 10.6 Å². The summed E-state index contributed by atoms with van der Waals surface area (Å²) in [6.45, 7) is 24.7. The van der Waals surface area contributed by atoms with Crippen molar-refractivity contribution in [2.24, 2.45) is 0 Å². The monoisotopic (exact) mass is 750 g/mol. The number of anilines is 2. The van der Waals surface area contributed by atoms with E-state index in [4.69, 9.17) is 0 Å². The van der Waals surface area contributed by atoms with Crippen LogP contribution in [0.2, 0.25) is 0 Å². The summed E-state index contributed by atoms with van der Waals surface area (Å²) in [7, 11) is 0. The van der Waals surface area contributed by atoms with E-state index in [0.29, 0.717) is 46.8 Å². The minimum Gasteiger partial charge on any atom is -0.508 e. The van der Waals surface area contributed by atoms with Crippen molar-refractivity contribution >= 4 is 23.2 Å². The second-order valence-electron chi connectivity index (χ2n) is 19.0. The second-order valence-corrected chi connectivity index (χ2v) is 19.0. The predicted molar refractivity (Wildman–Crippen MR) is 224 cm³/mol. The minimum absolute atomic E-state index is 0.0125. The van der Waals surface area contributed by atoms with Crippen molar-refractivity contribution in [3.63, 3.8) is 0 Å². The molecule has 4 rings (SSSR count). The molecule has 0 saturated carbocycles. The summed E-state index contributed by atoms with van der Waals surface area (Å²) in [6.07, 6.45) is 1.57. The number of phenolic OH excluding ortho intramolecular Hbond substituents is 4. The van der Waals surface area contributed by atoms with Gasteiger partial charge in [0.2, 0.25) is 11.8 Å². The smallest absolute Gasteiger partial charge is 0.224 e. The third kappa shape index (κ3) is 11.1. The molecular formula is C47H62N2O6. The summed E-state index contributed by atoms with van der Waals surface area (Å²) in [5, 5.41) is 49.5. The van der Waals surface area contributed by atoms with Crippen LogP contribution in [0.3, 0.4) is 0 Å². The van der Waals surface area contributed by atoms with Gasteiger partial charge >= 0.3 is 0 Å². The van der Waals surface area contributed by atoms with Gasteiger partial charge in [-0.3, -0.25) is 9.59 Å². The number of benzene rings is 4. The normalized spacial score (nSPS) is 12.4. The summed E-state index contributed by atoms with van der Waals surface area (Å²) in [5.41, 5.74) is 6.28. The van der Waals surface area contributed by atoms with Gasteiger partial charge in [0.25, 0.3) is 0 Å². The Morgan fingerprint density at radius 2 is 0.764 bits per heavy atom. The van der Waals surface area contributed by atoms with Gasteiger partial charge < -0.3 is 31.1 Å². The van der Waals surface area contributed by atoms with Crippen LogP contribution in [0.5, 0.6) is 23.0 Å². The summed E-state index contributed by atoms with van der Waals surface area (Å²) >= 11 is 0. The molecule has 0 aliphatic carbocycles. The van der Waals surface area contributed by atoms with E-state index in [0.717, 1.165) is 33.4 Å². The first-order valence-corrected chi connectivity index (χ1v) is 19.2. The highest BCUT2D eigenvalue weighted by molar-refractivity contribution is 5.92. The van der Waals surface area contributed by atoms with Gasteiger partial charge in [-0.05, 0) is 104 Å². The van der Waals surface area contributed by atoms with Gasteiger partial charge in [-0.1, -0.05) is 107 Å². The van der Waals surface area contributed by atoms with Crippen LogP contribution in [-0.4, -0.2) is 32.2 Å². The zero-order valence-electron chi connectivity index (χ0n) is 34.9. The van der Waals surface area contributed by atoms with Gasteiger partial charge in [-0.15, -0.1) is 0 Å². The maximum atomic E-state index is 13.1. The minimum atomic E-state index is -0.271. The first-order valence-electron chi connectivity index (χ1n) is 19.2. The zero-order valence-corrected chi connectivity index (χ0v) is 34.9. The van der Waals surface area contributed by atoms with Crippen molar-refractivity contribution < 1.29 is 30.0 Å². The van der Waals surface area contributed by atoms with Crippen LogP contribution in [-0.2, 0) is 50.5 Å². The van der Waals surface area contributed by atoms with E-state index < -0.39 is 0 Å². The van der Waals surface area contributed by atoms with Gasteiger partial charge in [0, 0.05) is 41.8 Å². The van der Waals surface area contributed by atoms with Crippen LogP contribution in [0.4, 0.5) is 11.4 Å². The summed E-state index contributed by atoms with van der Waals surface area (Å²) in [6, 6.07) is 17.6. The average molecular weight is 751 g/mol. The Balaban J connectivity index is 1.44. The molecular weight excluding hydrogens is 689 g/mol. The molecule has 0 radical (unpaired) electrons. The lowest BCUT2D eigenvalue weighted by Crippen LogP contribution is -2.18. The second kappa shape index (κ2) is 16.0. The first kappa shape index (κ1) is 42.8. The average Bonchev–Trinajstić information content (AvgIpc) is 3.04. The number of aryl methyl sites for hydroxylation is 2. The maximum absolute atomic E-state index is 13.1. The van der Waals surface area contributed by atoms with Gasteiger partial charge in [0.05, 0.1) is 0 Å². The van der Waals surface area contributed by atoms with E-state index >= 15 is 0 Å². The molecule has 296 valence electrons. The molecule has 2 amide bonds. The molecule has 4 aromatic rings. The number of rotatable bonds is 10. The fourth-order valence-corrected chi connectivity index (χ4v) is 6.74. The number of amides is 2. The predicted octanol–water partition coefficient (Wildman–Crippen LogP) is 10.4. The maximum Gasteiger partial charge on any atom is 0.224 e. The zero-order chi connectivity index (χ0) is 41.3. The fraction of sp³-hybridized carbons (Fsp3) is 0.447. The highest BCUT2D eigenvalue weighted by Crippen LogP contribution is 2.41. The van der Waals surface area contributed by atoms with Gasteiger partial charge in [-0.25, -0.2) is 0 Å². The van der Waals surface area contributed by atoms with Crippen molar-refractivity contribution in [2.75, 3.05) is 10.6 Å². The Bertz CT molecular complexity index is 1830. The number of carbonyl (C=O) groups excluding carboxylic acids is 2. The van der Waals surface area contributed by atoms with Crippen LogP contribution in [0, 0.1) is 0 Å². The topological polar surface area (TPSA) is 139 Å². The molecule has 0 spiro atoms. The van der Waals surface area contributed by atoms with Gasteiger partial charge in [0.15, 0.2) is 0 Å². The standard InChI is InChI=1S/C47H62N2O6/c1-44(2,3)34-21-28(22-35(42(34)54)45(4,5)6)13-19-40(52)48-32-15-17-38(50)30(26-32)25-31-27-33(16-18-39(31)51)49-41(53)20-14-29-23-36(46(7,8)9)43(55)37(24-29)47(10,11)12/h15-18,21-24,26-27,50-51,54-55H,13-14,19-20,25H2,1-12H3,(H,48,52)(H,49,53). The fourth-order valence-electron chi connectivity index (χ4n) is 6.74. The lowest BCUT2D eigenvalue weighted by Gasteiger charge is -2.28. The van der Waals surface area contributed by atoms with Gasteiger partial charge in [0.1, 0.15) is 23.0 Å². The molecule has 4 aromatic carbocycles. The van der Waals surface area contributed by atoms with E-state index in [9.17, 15) is 30.0 Å². The molecule has 0 unspecified atom stereocenters. The number of phenols is 4. The molecule has 0 aliphatic heterocycles. The third-order valence-corrected chi connectivity index (χ3v) is 9.96. The number of aromatic hydroxyl groups is 4. The highest BCUT2D eigenvalue weighted by atomic mass is 16.3. The molecule has 0 aliphatic rings. The Morgan fingerprint density at radius 1 is 0.473 bits per heavy atom. The Kier molecular flexibility index (Phi) is 12.4. The molecule has 8 nitrogen and oxygen atoms in total. The number of hydrogen-bond donors (Lipinski definition) is 6. The lowest BCUT2D eigenvalue weighted by molar-refractivity contribution is -0.117. The summed E-state index contributed by atoms with van der Waals surface area (Å²) in [4.78, 5) is 26.3. The van der Waals surface area contributed by atoms with E-state index in [1.54, 1.807) is 24.3 Å². The molecule has 8 heteroatoms. The largest absolute Gasteiger partial charge is 0.508 e. The van der Waals surface area contributed by atoms with Gasteiger partial charge in [-0.2, -0.15) is 0 Å². The number of nitrogens with one attached hydrogen (secondary N) is 2. The Hall–Kier alpha value is -4.98. The summed E-state index contributed by atoms with van der Waals surface area (Å²) in [5.74, 6) is 0.251. The molecule has 0 fully saturated rings. The van der Waals surface area contributed by atoms with E-state index in [2.05, 4.69) is 93.7 Å². The molecule has 0 saturated heterocycles. The third-order valence-electron chi connectivity index (χ3n) is 9.96. The van der Waals surface area contributed by atoms with Crippen molar-refractivity contribution in [2.45, 2.75) is 137 Å². The van der Waals surface area contributed by atoms with E-state index in [1.807, 2.05) is 24.3 Å². The van der Waals surface area contributed by atoms with Crippen LogP contribution in [0.1, 0.15) is 140 Å². The van der Waals surface area contributed by atoms with Crippen molar-refractivity contribution in [1.82, 2.24) is 0 Å². The van der Waals surface area contributed by atoms with Crippen LogP contribution in [0.15, 0.2) is 60.7 Å². The first-order chi connectivity index (χ1) is 25.2. The summed E-state index contributed by atoms with van der Waals surface area (Å²) < 4.78 is 0. The van der Waals surface area contributed by atoms with E-state index in [-0.39, 0.29) is 64.2 Å². The molecule has 0 heterocycles. The Labute approximate surface area is 328 Å². The lowest BCUT2D eigenvalue weighted by atomic mass is 9.78. The molecule has 0 atom stereocenters. The molecule has 6 N–H and O–H groups in total. The number of hydrogen-bond acceptors (Lipinski definition) is 6. The quantitative estimate of drug-likeness (QED) is 0.0892. The Morgan fingerprint density at radius 3 is 1.04 bits per heavy atom. The van der Waals surface area contributed by atoms with Crippen LogP contribution >= 0.6 is 0 Å². The van der Waals surface area contributed by atoms with E-state index in [1.165, 1.54) is 12.1 Å². The van der Waals surface area contributed by atoms with Crippen molar-refractivity contribution in [3.8, 4) is 23.0 Å².